The van der Waals surface area contributed by atoms with Crippen LogP contribution in [0.2, 0.25) is 0 Å². The van der Waals surface area contributed by atoms with Crippen LogP contribution in [-0.4, -0.2) is 33.2 Å². The minimum absolute atomic E-state index is 0.0220. The second-order valence-electron chi connectivity index (χ2n) is 7.44. The lowest BCUT2D eigenvalue weighted by Crippen LogP contribution is -2.29. The van der Waals surface area contributed by atoms with E-state index in [1.165, 1.54) is 4.68 Å². The predicted octanol–water partition coefficient (Wildman–Crippen LogP) is 3.25. The topological polar surface area (TPSA) is 129 Å². The number of nitrogens with one attached hydrogen (secondary N) is 1. The van der Waals surface area contributed by atoms with Gasteiger partial charge >= 0.3 is 5.97 Å². The first kappa shape index (κ1) is 22.7. The van der Waals surface area contributed by atoms with Gasteiger partial charge in [-0.15, -0.1) is 0 Å². The largest absolute Gasteiger partial charge is 0.461 e. The number of amides is 1. The number of carbonyl (C=O) groups is 2. The maximum atomic E-state index is 13.4. The quantitative estimate of drug-likeness (QED) is 0.389. The molecule has 9 nitrogen and oxygen atoms in total. The number of primary amides is 1. The molecule has 4 aromatic rings. The third-order valence-corrected chi connectivity index (χ3v) is 5.19. The first-order valence-corrected chi connectivity index (χ1v) is 10.8. The first-order valence-electron chi connectivity index (χ1n) is 10.8. The lowest BCUT2D eigenvalue weighted by Gasteiger charge is -2.17. The number of esters is 1. The number of benzene rings is 2. The molecule has 4 rings (SSSR count). The van der Waals surface area contributed by atoms with Gasteiger partial charge in [0.1, 0.15) is 23.6 Å². The average Bonchev–Trinajstić information content (AvgIpc) is 2.85. The number of anilines is 2. The van der Waals surface area contributed by atoms with Crippen LogP contribution in [0.15, 0.2) is 71.7 Å². The van der Waals surface area contributed by atoms with E-state index >= 15 is 0 Å². The van der Waals surface area contributed by atoms with E-state index in [1.54, 1.807) is 43.5 Å². The molecule has 2 aromatic carbocycles. The molecule has 0 saturated heterocycles. The van der Waals surface area contributed by atoms with Crippen LogP contribution >= 0.6 is 0 Å². The number of aromatic nitrogens is 3. The van der Waals surface area contributed by atoms with E-state index in [0.29, 0.717) is 17.8 Å². The van der Waals surface area contributed by atoms with E-state index < -0.39 is 17.4 Å². The predicted molar refractivity (Wildman–Crippen MR) is 129 cm³/mol. The van der Waals surface area contributed by atoms with Crippen LogP contribution in [0, 0.1) is 0 Å². The third kappa shape index (κ3) is 4.63. The molecular formula is C25H23N5O4. The number of fused-ring (bicyclic) bond motifs is 1. The van der Waals surface area contributed by atoms with Gasteiger partial charge in [0.2, 0.25) is 5.91 Å². The summed E-state index contributed by atoms with van der Waals surface area (Å²) in [6.07, 6.45) is 1.54. The summed E-state index contributed by atoms with van der Waals surface area (Å²) in [4.78, 5) is 42.1. The Balaban J connectivity index is 1.92. The van der Waals surface area contributed by atoms with Crippen molar-refractivity contribution in [3.8, 4) is 11.3 Å². The summed E-state index contributed by atoms with van der Waals surface area (Å²) >= 11 is 0. The van der Waals surface area contributed by atoms with E-state index in [2.05, 4.69) is 15.4 Å². The molecule has 0 aliphatic carbocycles. The number of rotatable bonds is 8. The summed E-state index contributed by atoms with van der Waals surface area (Å²) in [5.74, 6) is -1.38. The zero-order chi connectivity index (χ0) is 24.1. The van der Waals surface area contributed by atoms with Gasteiger partial charge in [-0.25, -0.2) is 9.48 Å². The summed E-state index contributed by atoms with van der Waals surface area (Å²) in [5, 5.41) is 8.37. The van der Waals surface area contributed by atoms with Crippen LogP contribution in [0.25, 0.3) is 22.2 Å². The van der Waals surface area contributed by atoms with Crippen molar-refractivity contribution in [1.29, 1.82) is 0 Å². The second kappa shape index (κ2) is 9.95. The van der Waals surface area contributed by atoms with E-state index in [9.17, 15) is 14.4 Å². The molecular weight excluding hydrogens is 434 g/mol. The van der Waals surface area contributed by atoms with E-state index in [1.807, 2.05) is 30.3 Å². The molecule has 0 atom stereocenters. The second-order valence-corrected chi connectivity index (χ2v) is 7.44. The number of aryl methyl sites for hydroxylation is 1. The molecule has 0 unspecified atom stereocenters. The number of ether oxygens (including phenoxy) is 1. The fourth-order valence-electron chi connectivity index (χ4n) is 3.56. The molecule has 2 aromatic heterocycles. The highest BCUT2D eigenvalue weighted by Crippen LogP contribution is 2.30. The van der Waals surface area contributed by atoms with Crippen molar-refractivity contribution in [2.45, 2.75) is 19.9 Å². The number of hydrogen-bond acceptors (Lipinski definition) is 7. The summed E-state index contributed by atoms with van der Waals surface area (Å²) in [7, 11) is 0. The standard InChI is InChI=1S/C25H23N5O4/c1-2-30-24(32)23(28-19-12-6-11-18-17(19)10-7-14-27-18)21(25(33)34-15-13-20(26)31)22(29-30)16-8-4-3-5-9-16/h3-12,14,28H,2,13,15H2,1H3,(H2,26,31). The van der Waals surface area contributed by atoms with Crippen molar-refractivity contribution >= 4 is 34.2 Å². The van der Waals surface area contributed by atoms with E-state index in [-0.39, 0.29) is 30.0 Å². The third-order valence-electron chi connectivity index (χ3n) is 5.19. The van der Waals surface area contributed by atoms with Crippen LogP contribution in [0.3, 0.4) is 0 Å². The highest BCUT2D eigenvalue weighted by molar-refractivity contribution is 6.03. The van der Waals surface area contributed by atoms with Gasteiger partial charge in [-0.3, -0.25) is 14.6 Å². The lowest BCUT2D eigenvalue weighted by atomic mass is 10.0. The van der Waals surface area contributed by atoms with Gasteiger partial charge in [-0.05, 0) is 31.2 Å². The molecule has 0 saturated carbocycles. The van der Waals surface area contributed by atoms with Crippen molar-refractivity contribution < 1.29 is 14.3 Å². The number of hydrogen-bond donors (Lipinski definition) is 2. The van der Waals surface area contributed by atoms with Gasteiger partial charge < -0.3 is 15.8 Å². The minimum atomic E-state index is -0.784. The van der Waals surface area contributed by atoms with E-state index in [0.717, 1.165) is 10.9 Å². The van der Waals surface area contributed by atoms with Crippen LogP contribution in [0.1, 0.15) is 23.7 Å². The number of nitrogens with two attached hydrogens (primary N) is 1. The van der Waals surface area contributed by atoms with Gasteiger partial charge in [-0.1, -0.05) is 36.4 Å². The maximum Gasteiger partial charge on any atom is 0.342 e. The normalized spacial score (nSPS) is 10.7. The van der Waals surface area contributed by atoms with E-state index in [4.69, 9.17) is 10.5 Å². The SMILES string of the molecule is CCn1nc(-c2ccccc2)c(C(=O)OCCC(N)=O)c(Nc2cccc3ncccc23)c1=O. The number of carbonyl (C=O) groups excluding carboxylic acids is 2. The van der Waals surface area contributed by atoms with Crippen LogP contribution in [-0.2, 0) is 16.1 Å². The van der Waals surface area contributed by atoms with Gasteiger partial charge in [0.25, 0.3) is 5.56 Å². The molecule has 9 heteroatoms. The minimum Gasteiger partial charge on any atom is -0.461 e. The Bertz CT molecular complexity index is 1410. The van der Waals surface area contributed by atoms with Gasteiger partial charge in [0.15, 0.2) is 0 Å². The maximum absolute atomic E-state index is 13.4. The van der Waals surface area contributed by atoms with Crippen LogP contribution in [0.5, 0.6) is 0 Å². The van der Waals surface area contributed by atoms with Crippen LogP contribution in [0.4, 0.5) is 11.4 Å². The number of nitrogens with zero attached hydrogens (tertiary/aromatic N) is 3. The summed E-state index contributed by atoms with van der Waals surface area (Å²) in [5.41, 5.74) is 6.94. The highest BCUT2D eigenvalue weighted by Gasteiger charge is 2.26. The Morgan fingerprint density at radius 3 is 2.59 bits per heavy atom. The summed E-state index contributed by atoms with van der Waals surface area (Å²) in [6.45, 7) is 1.87. The first-order chi connectivity index (χ1) is 16.5. The molecule has 0 spiro atoms. The fraction of sp³-hybridized carbons (Fsp3) is 0.160. The fourth-order valence-corrected chi connectivity index (χ4v) is 3.56. The Labute approximate surface area is 195 Å². The Morgan fingerprint density at radius 1 is 1.06 bits per heavy atom. The molecule has 0 aliphatic rings. The average molecular weight is 457 g/mol. The Hall–Kier alpha value is -4.53. The molecule has 34 heavy (non-hydrogen) atoms. The monoisotopic (exact) mass is 457 g/mol. The summed E-state index contributed by atoms with van der Waals surface area (Å²) < 4.78 is 6.60. The van der Waals surface area contributed by atoms with Crippen molar-refractivity contribution in [3.05, 3.63) is 82.8 Å². The highest BCUT2D eigenvalue weighted by atomic mass is 16.5. The van der Waals surface area contributed by atoms with Gasteiger partial charge in [0.05, 0.1) is 11.9 Å². The molecule has 3 N–H and O–H groups in total. The van der Waals surface area contributed by atoms with Gasteiger partial charge in [0, 0.05) is 29.4 Å². The molecule has 0 aliphatic heterocycles. The molecule has 172 valence electrons. The Kier molecular flexibility index (Phi) is 6.63. The lowest BCUT2D eigenvalue weighted by molar-refractivity contribution is -0.118. The molecule has 0 radical (unpaired) electrons. The van der Waals surface area contributed by atoms with Crippen molar-refractivity contribution in [2.24, 2.45) is 5.73 Å². The molecule has 1 amide bonds. The van der Waals surface area contributed by atoms with Crippen LogP contribution < -0.4 is 16.6 Å². The zero-order valence-corrected chi connectivity index (χ0v) is 18.5. The molecule has 0 fully saturated rings. The summed E-state index contributed by atoms with van der Waals surface area (Å²) in [6, 6.07) is 18.2. The molecule has 2 heterocycles. The van der Waals surface area contributed by atoms with Crippen molar-refractivity contribution in [2.75, 3.05) is 11.9 Å². The number of pyridine rings is 1. The Morgan fingerprint density at radius 2 is 1.85 bits per heavy atom. The molecule has 0 bridgehead atoms. The van der Waals surface area contributed by atoms with Gasteiger partial charge in [-0.2, -0.15) is 5.10 Å². The zero-order valence-electron chi connectivity index (χ0n) is 18.5. The van der Waals surface area contributed by atoms with Crippen molar-refractivity contribution in [3.63, 3.8) is 0 Å². The smallest absolute Gasteiger partial charge is 0.342 e. The van der Waals surface area contributed by atoms with Crippen molar-refractivity contribution in [1.82, 2.24) is 14.8 Å².